The third-order valence-electron chi connectivity index (χ3n) is 4.67. The highest BCUT2D eigenvalue weighted by Crippen LogP contribution is 2.24. The number of carbonyl (C=O) groups excluding carboxylic acids is 1. The number of pyridine rings is 1. The fraction of sp³-hybridized carbons (Fsp3) is 0.263. The van der Waals surface area contributed by atoms with Crippen LogP contribution in [0.4, 0.5) is 0 Å². The highest BCUT2D eigenvalue weighted by molar-refractivity contribution is 5.93. The fourth-order valence-corrected chi connectivity index (χ4v) is 3.30. The van der Waals surface area contributed by atoms with E-state index in [1.54, 1.807) is 10.9 Å². The SMILES string of the molecule is Cc1c(C(=O)N2CCNCC2c2cccnc2)nnn1-c1ccccc1.Cl. The summed E-state index contributed by atoms with van der Waals surface area (Å²) in [4.78, 5) is 19.3. The smallest absolute Gasteiger partial charge is 0.276 e. The van der Waals surface area contributed by atoms with Gasteiger partial charge in [0.1, 0.15) is 0 Å². The lowest BCUT2D eigenvalue weighted by Gasteiger charge is -2.36. The largest absolute Gasteiger partial charge is 0.328 e. The van der Waals surface area contributed by atoms with Gasteiger partial charge in [-0.05, 0) is 30.7 Å². The Kier molecular flexibility index (Phi) is 5.83. The lowest BCUT2D eigenvalue weighted by atomic mass is 10.0. The molecule has 3 aromatic rings. The molecule has 0 bridgehead atoms. The molecule has 0 radical (unpaired) electrons. The molecule has 140 valence electrons. The van der Waals surface area contributed by atoms with Crippen LogP contribution >= 0.6 is 12.4 Å². The molecule has 0 saturated carbocycles. The minimum Gasteiger partial charge on any atom is -0.328 e. The number of carbonyl (C=O) groups is 1. The first-order valence-corrected chi connectivity index (χ1v) is 8.65. The molecule has 8 heteroatoms. The number of benzene rings is 1. The number of para-hydroxylation sites is 1. The molecule has 1 saturated heterocycles. The zero-order chi connectivity index (χ0) is 17.9. The van der Waals surface area contributed by atoms with Gasteiger partial charge in [-0.1, -0.05) is 29.5 Å². The Morgan fingerprint density at radius 1 is 1.19 bits per heavy atom. The Balaban J connectivity index is 0.00000210. The second-order valence-electron chi connectivity index (χ2n) is 6.28. The van der Waals surface area contributed by atoms with Gasteiger partial charge in [0.2, 0.25) is 0 Å². The standard InChI is InChI=1S/C19H20N6O.ClH/c1-14-18(22-23-25(14)16-7-3-2-4-8-16)19(26)24-11-10-21-13-17(24)15-6-5-9-20-12-15;/h2-9,12,17,21H,10-11,13H2,1H3;1H. The molecule has 1 aliphatic rings. The summed E-state index contributed by atoms with van der Waals surface area (Å²) < 4.78 is 1.70. The molecule has 27 heavy (non-hydrogen) atoms. The molecule has 1 atom stereocenters. The van der Waals surface area contributed by atoms with Crippen molar-refractivity contribution >= 4 is 18.3 Å². The molecule has 1 unspecified atom stereocenters. The lowest BCUT2D eigenvalue weighted by molar-refractivity contribution is 0.0627. The van der Waals surface area contributed by atoms with Crippen LogP contribution in [0, 0.1) is 6.92 Å². The van der Waals surface area contributed by atoms with Crippen molar-refractivity contribution in [1.82, 2.24) is 30.2 Å². The zero-order valence-electron chi connectivity index (χ0n) is 14.9. The Morgan fingerprint density at radius 2 is 2.00 bits per heavy atom. The summed E-state index contributed by atoms with van der Waals surface area (Å²) in [7, 11) is 0. The van der Waals surface area contributed by atoms with E-state index in [4.69, 9.17) is 0 Å². The predicted octanol–water partition coefficient (Wildman–Crippen LogP) is 2.18. The minimum absolute atomic E-state index is 0. The number of hydrogen-bond donors (Lipinski definition) is 1. The van der Waals surface area contributed by atoms with Gasteiger partial charge in [0.15, 0.2) is 5.69 Å². The number of nitrogens with one attached hydrogen (secondary N) is 1. The summed E-state index contributed by atoms with van der Waals surface area (Å²) in [6, 6.07) is 13.5. The van der Waals surface area contributed by atoms with Crippen LogP contribution in [-0.4, -0.2) is 50.4 Å². The van der Waals surface area contributed by atoms with E-state index in [-0.39, 0.29) is 24.4 Å². The van der Waals surface area contributed by atoms with Crippen LogP contribution in [0.2, 0.25) is 0 Å². The van der Waals surface area contributed by atoms with E-state index in [2.05, 4.69) is 20.6 Å². The fourth-order valence-electron chi connectivity index (χ4n) is 3.30. The van der Waals surface area contributed by atoms with E-state index in [9.17, 15) is 4.79 Å². The topological polar surface area (TPSA) is 75.9 Å². The highest BCUT2D eigenvalue weighted by atomic mass is 35.5. The number of nitrogens with zero attached hydrogens (tertiary/aromatic N) is 5. The molecule has 0 aliphatic carbocycles. The van der Waals surface area contributed by atoms with Gasteiger partial charge >= 0.3 is 0 Å². The average Bonchev–Trinajstić information content (AvgIpc) is 3.10. The summed E-state index contributed by atoms with van der Waals surface area (Å²) >= 11 is 0. The number of piperazine rings is 1. The van der Waals surface area contributed by atoms with Crippen LogP contribution in [0.15, 0.2) is 54.9 Å². The van der Waals surface area contributed by atoms with Crippen molar-refractivity contribution in [2.75, 3.05) is 19.6 Å². The van der Waals surface area contributed by atoms with Crippen LogP contribution in [0.25, 0.3) is 5.69 Å². The van der Waals surface area contributed by atoms with E-state index < -0.39 is 0 Å². The van der Waals surface area contributed by atoms with E-state index in [1.807, 2.05) is 60.5 Å². The molecule has 1 fully saturated rings. The maximum absolute atomic E-state index is 13.2. The van der Waals surface area contributed by atoms with Crippen molar-refractivity contribution < 1.29 is 4.79 Å². The van der Waals surface area contributed by atoms with Gasteiger partial charge in [-0.2, -0.15) is 0 Å². The van der Waals surface area contributed by atoms with E-state index in [1.165, 1.54) is 0 Å². The Labute approximate surface area is 163 Å². The molecule has 1 aliphatic heterocycles. The van der Waals surface area contributed by atoms with Crippen molar-refractivity contribution in [2.45, 2.75) is 13.0 Å². The summed E-state index contributed by atoms with van der Waals surface area (Å²) in [5.74, 6) is -0.0972. The lowest BCUT2D eigenvalue weighted by Crippen LogP contribution is -2.49. The van der Waals surface area contributed by atoms with Gasteiger partial charge in [0.25, 0.3) is 5.91 Å². The quantitative estimate of drug-likeness (QED) is 0.749. The first kappa shape index (κ1) is 19.0. The van der Waals surface area contributed by atoms with Crippen LogP contribution in [0.3, 0.4) is 0 Å². The maximum Gasteiger partial charge on any atom is 0.276 e. The van der Waals surface area contributed by atoms with Gasteiger partial charge < -0.3 is 10.2 Å². The normalized spacial score (nSPS) is 16.6. The molecule has 1 aromatic carbocycles. The Morgan fingerprint density at radius 3 is 2.74 bits per heavy atom. The van der Waals surface area contributed by atoms with E-state index >= 15 is 0 Å². The van der Waals surface area contributed by atoms with Crippen LogP contribution in [0.5, 0.6) is 0 Å². The third-order valence-corrected chi connectivity index (χ3v) is 4.67. The molecule has 7 nitrogen and oxygen atoms in total. The zero-order valence-corrected chi connectivity index (χ0v) is 15.8. The molecular weight excluding hydrogens is 364 g/mol. The molecule has 1 amide bonds. The Hall–Kier alpha value is -2.77. The second-order valence-corrected chi connectivity index (χ2v) is 6.28. The number of rotatable bonds is 3. The first-order valence-electron chi connectivity index (χ1n) is 8.65. The van der Waals surface area contributed by atoms with Gasteiger partial charge in [-0.15, -0.1) is 17.5 Å². The monoisotopic (exact) mass is 384 g/mol. The number of amides is 1. The molecule has 1 N–H and O–H groups in total. The summed E-state index contributed by atoms with van der Waals surface area (Å²) in [6.07, 6.45) is 3.55. The maximum atomic E-state index is 13.2. The van der Waals surface area contributed by atoms with Crippen molar-refractivity contribution in [3.05, 3.63) is 71.8 Å². The minimum atomic E-state index is -0.0972. The molecule has 3 heterocycles. The average molecular weight is 385 g/mol. The van der Waals surface area contributed by atoms with Crippen LogP contribution in [0.1, 0.15) is 27.8 Å². The summed E-state index contributed by atoms with van der Waals surface area (Å²) in [6.45, 7) is 3.95. The van der Waals surface area contributed by atoms with Gasteiger partial charge in [0, 0.05) is 32.0 Å². The van der Waals surface area contributed by atoms with Crippen molar-refractivity contribution in [3.8, 4) is 5.69 Å². The van der Waals surface area contributed by atoms with Gasteiger partial charge in [-0.3, -0.25) is 9.78 Å². The number of hydrogen-bond acceptors (Lipinski definition) is 5. The summed E-state index contributed by atoms with van der Waals surface area (Å²) in [5.41, 5.74) is 3.04. The molecule has 4 rings (SSSR count). The highest BCUT2D eigenvalue weighted by Gasteiger charge is 2.31. The van der Waals surface area contributed by atoms with E-state index in [0.717, 1.165) is 23.5 Å². The number of aromatic nitrogens is 4. The molecule has 2 aromatic heterocycles. The van der Waals surface area contributed by atoms with Crippen LogP contribution in [-0.2, 0) is 0 Å². The van der Waals surface area contributed by atoms with Crippen molar-refractivity contribution in [1.29, 1.82) is 0 Å². The molecule has 0 spiro atoms. The first-order chi connectivity index (χ1) is 12.8. The van der Waals surface area contributed by atoms with Crippen molar-refractivity contribution in [3.63, 3.8) is 0 Å². The van der Waals surface area contributed by atoms with Gasteiger partial charge in [-0.25, -0.2) is 4.68 Å². The number of halogens is 1. The summed E-state index contributed by atoms with van der Waals surface area (Å²) in [5, 5.41) is 11.7. The van der Waals surface area contributed by atoms with Crippen LogP contribution < -0.4 is 5.32 Å². The second kappa shape index (κ2) is 8.28. The predicted molar refractivity (Wildman–Crippen MR) is 104 cm³/mol. The molecular formula is C19H21ClN6O. The van der Waals surface area contributed by atoms with Gasteiger partial charge in [0.05, 0.1) is 17.4 Å². The van der Waals surface area contributed by atoms with Crippen molar-refractivity contribution in [2.24, 2.45) is 0 Å². The van der Waals surface area contributed by atoms with E-state index in [0.29, 0.717) is 18.8 Å². The third kappa shape index (κ3) is 3.70. The Bertz CT molecular complexity index is 899.